The summed E-state index contributed by atoms with van der Waals surface area (Å²) in [5, 5.41) is 0. The maximum atomic E-state index is 10.9. The molecule has 3 heteroatoms. The van der Waals surface area contributed by atoms with Gasteiger partial charge in [-0.1, -0.05) is 13.8 Å². The molecular formula is C10H16O3. The highest BCUT2D eigenvalue weighted by Crippen LogP contribution is 2.33. The van der Waals surface area contributed by atoms with Gasteiger partial charge in [0.25, 0.3) is 5.79 Å². The number of ketones is 1. The van der Waals surface area contributed by atoms with E-state index in [0.29, 0.717) is 6.42 Å². The minimum atomic E-state index is -0.605. The van der Waals surface area contributed by atoms with E-state index in [2.05, 4.69) is 0 Å². The smallest absolute Gasteiger partial charge is 0.252 e. The zero-order chi connectivity index (χ0) is 9.90. The molecule has 0 amide bonds. The van der Waals surface area contributed by atoms with Crippen molar-refractivity contribution in [3.8, 4) is 0 Å². The van der Waals surface area contributed by atoms with E-state index in [0.717, 1.165) is 6.42 Å². The van der Waals surface area contributed by atoms with Gasteiger partial charge >= 0.3 is 0 Å². The molecule has 0 N–H and O–H groups in total. The van der Waals surface area contributed by atoms with E-state index in [1.54, 1.807) is 19.4 Å². The highest BCUT2D eigenvalue weighted by molar-refractivity contribution is 5.75. The first-order valence-corrected chi connectivity index (χ1v) is 4.61. The van der Waals surface area contributed by atoms with Crippen LogP contribution in [0.3, 0.4) is 0 Å². The summed E-state index contributed by atoms with van der Waals surface area (Å²) in [7, 11) is 0. The molecule has 0 spiro atoms. The second kappa shape index (κ2) is 3.81. The average Bonchev–Trinajstić information content (AvgIpc) is 2.51. The predicted molar refractivity (Wildman–Crippen MR) is 48.8 cm³/mol. The summed E-state index contributed by atoms with van der Waals surface area (Å²) >= 11 is 0. The Kier molecular flexibility index (Phi) is 2.96. The number of hydrogen-bond acceptors (Lipinski definition) is 3. The van der Waals surface area contributed by atoms with Gasteiger partial charge in [-0.2, -0.15) is 0 Å². The van der Waals surface area contributed by atoms with Crippen molar-refractivity contribution in [1.82, 2.24) is 0 Å². The van der Waals surface area contributed by atoms with Crippen molar-refractivity contribution in [3.05, 3.63) is 12.5 Å². The zero-order valence-corrected chi connectivity index (χ0v) is 8.37. The van der Waals surface area contributed by atoms with Crippen LogP contribution in [0, 0.1) is 5.92 Å². The molecule has 1 unspecified atom stereocenters. The lowest BCUT2D eigenvalue weighted by Crippen LogP contribution is -2.37. The second-order valence-electron chi connectivity index (χ2n) is 3.48. The monoisotopic (exact) mass is 184 g/mol. The Labute approximate surface area is 78.7 Å². The first-order chi connectivity index (χ1) is 6.10. The molecule has 0 fully saturated rings. The number of carbonyl (C=O) groups excluding carboxylic acids is 1. The van der Waals surface area contributed by atoms with Crippen molar-refractivity contribution in [2.24, 2.45) is 5.92 Å². The molecule has 1 atom stereocenters. The lowest BCUT2D eigenvalue weighted by atomic mass is 9.93. The van der Waals surface area contributed by atoms with Crippen LogP contribution < -0.4 is 0 Å². The molecule has 1 heterocycles. The molecule has 0 aliphatic carbocycles. The van der Waals surface area contributed by atoms with Crippen LogP contribution in [0.2, 0.25) is 0 Å². The standard InChI is InChI=1S/C10H16O3/c1-4-10(12-5-6-13-10)8(2)7-9(3)11/h5-6,8H,4,7H2,1-3H3. The third kappa shape index (κ3) is 2.02. The topological polar surface area (TPSA) is 35.5 Å². The summed E-state index contributed by atoms with van der Waals surface area (Å²) in [4.78, 5) is 10.9. The molecule has 0 saturated carbocycles. The van der Waals surface area contributed by atoms with Crippen molar-refractivity contribution >= 4 is 5.78 Å². The Balaban J connectivity index is 2.60. The van der Waals surface area contributed by atoms with E-state index in [4.69, 9.17) is 9.47 Å². The molecule has 1 rings (SSSR count). The van der Waals surface area contributed by atoms with Crippen molar-refractivity contribution in [1.29, 1.82) is 0 Å². The van der Waals surface area contributed by atoms with Crippen LogP contribution in [0.1, 0.15) is 33.6 Å². The number of carbonyl (C=O) groups is 1. The Bertz CT molecular complexity index is 212. The predicted octanol–water partition coefficient (Wildman–Crippen LogP) is 2.23. The van der Waals surface area contributed by atoms with Crippen LogP contribution in [-0.2, 0) is 14.3 Å². The van der Waals surface area contributed by atoms with Crippen LogP contribution >= 0.6 is 0 Å². The summed E-state index contributed by atoms with van der Waals surface area (Å²) in [5.74, 6) is -0.351. The van der Waals surface area contributed by atoms with Crippen molar-refractivity contribution in [3.63, 3.8) is 0 Å². The van der Waals surface area contributed by atoms with E-state index in [1.165, 1.54) is 0 Å². The van der Waals surface area contributed by atoms with Gasteiger partial charge in [0, 0.05) is 18.8 Å². The molecule has 0 bridgehead atoms. The zero-order valence-electron chi connectivity index (χ0n) is 8.37. The third-order valence-electron chi connectivity index (χ3n) is 2.43. The van der Waals surface area contributed by atoms with E-state index in [9.17, 15) is 4.79 Å². The molecule has 0 aromatic carbocycles. The SMILES string of the molecule is CCC1(C(C)CC(C)=O)OC=CO1. The molecule has 13 heavy (non-hydrogen) atoms. The Hall–Kier alpha value is -0.990. The number of hydrogen-bond donors (Lipinski definition) is 0. The molecule has 3 nitrogen and oxygen atoms in total. The maximum absolute atomic E-state index is 10.9. The molecule has 0 aromatic heterocycles. The fourth-order valence-electron chi connectivity index (χ4n) is 1.65. The van der Waals surface area contributed by atoms with Gasteiger partial charge in [-0.05, 0) is 6.92 Å². The molecule has 1 aliphatic rings. The van der Waals surface area contributed by atoms with Crippen LogP contribution in [0.5, 0.6) is 0 Å². The Morgan fingerprint density at radius 3 is 2.38 bits per heavy atom. The minimum Gasteiger partial charge on any atom is -0.456 e. The molecule has 0 aromatic rings. The van der Waals surface area contributed by atoms with Crippen LogP contribution in [-0.4, -0.2) is 11.6 Å². The Morgan fingerprint density at radius 1 is 1.46 bits per heavy atom. The van der Waals surface area contributed by atoms with Crippen LogP contribution in [0.25, 0.3) is 0 Å². The van der Waals surface area contributed by atoms with Crippen LogP contribution in [0.15, 0.2) is 12.5 Å². The normalized spacial score (nSPS) is 20.5. The summed E-state index contributed by atoms with van der Waals surface area (Å²) < 4.78 is 10.8. The Morgan fingerprint density at radius 2 is 2.00 bits per heavy atom. The molecule has 0 radical (unpaired) electrons. The van der Waals surface area contributed by atoms with E-state index in [1.807, 2.05) is 13.8 Å². The van der Waals surface area contributed by atoms with Crippen LogP contribution in [0.4, 0.5) is 0 Å². The van der Waals surface area contributed by atoms with Gasteiger partial charge in [0.2, 0.25) is 0 Å². The summed E-state index contributed by atoms with van der Waals surface area (Å²) in [6.07, 6.45) is 4.32. The number of rotatable bonds is 4. The average molecular weight is 184 g/mol. The third-order valence-corrected chi connectivity index (χ3v) is 2.43. The molecule has 1 aliphatic heterocycles. The fourth-order valence-corrected chi connectivity index (χ4v) is 1.65. The van der Waals surface area contributed by atoms with Gasteiger partial charge in [-0.15, -0.1) is 0 Å². The minimum absolute atomic E-state index is 0.0880. The number of ether oxygens (including phenoxy) is 2. The largest absolute Gasteiger partial charge is 0.456 e. The van der Waals surface area contributed by atoms with Crippen molar-refractivity contribution < 1.29 is 14.3 Å². The van der Waals surface area contributed by atoms with Gasteiger partial charge in [-0.25, -0.2) is 0 Å². The fraction of sp³-hybridized carbons (Fsp3) is 0.700. The van der Waals surface area contributed by atoms with Gasteiger partial charge in [-0.3, -0.25) is 0 Å². The summed E-state index contributed by atoms with van der Waals surface area (Å²) in [5.41, 5.74) is 0. The van der Waals surface area contributed by atoms with E-state index in [-0.39, 0.29) is 11.7 Å². The first-order valence-electron chi connectivity index (χ1n) is 4.61. The lowest BCUT2D eigenvalue weighted by molar-refractivity contribution is -0.182. The highest BCUT2D eigenvalue weighted by Gasteiger charge is 2.40. The quantitative estimate of drug-likeness (QED) is 0.672. The maximum Gasteiger partial charge on any atom is 0.252 e. The highest BCUT2D eigenvalue weighted by atomic mass is 16.7. The van der Waals surface area contributed by atoms with Gasteiger partial charge in [0.1, 0.15) is 18.3 Å². The molecule has 74 valence electrons. The van der Waals surface area contributed by atoms with Gasteiger partial charge in [0.15, 0.2) is 0 Å². The van der Waals surface area contributed by atoms with Crippen molar-refractivity contribution in [2.75, 3.05) is 0 Å². The lowest BCUT2D eigenvalue weighted by Gasteiger charge is -2.31. The number of Topliss-reactive ketones (excluding diaryl/α,β-unsaturated/α-hetero) is 1. The molecular weight excluding hydrogens is 168 g/mol. The van der Waals surface area contributed by atoms with Crippen molar-refractivity contribution in [2.45, 2.75) is 39.4 Å². The van der Waals surface area contributed by atoms with E-state index < -0.39 is 5.79 Å². The van der Waals surface area contributed by atoms with E-state index >= 15 is 0 Å². The van der Waals surface area contributed by atoms with Gasteiger partial charge in [0.05, 0.1) is 0 Å². The first kappa shape index (κ1) is 10.1. The second-order valence-corrected chi connectivity index (χ2v) is 3.48. The summed E-state index contributed by atoms with van der Waals surface area (Å²) in [6, 6.07) is 0. The molecule has 0 saturated heterocycles. The van der Waals surface area contributed by atoms with Gasteiger partial charge < -0.3 is 14.3 Å². The summed E-state index contributed by atoms with van der Waals surface area (Å²) in [6.45, 7) is 5.55.